The van der Waals surface area contributed by atoms with E-state index in [1.54, 1.807) is 6.07 Å². The zero-order chi connectivity index (χ0) is 22.8. The summed E-state index contributed by atoms with van der Waals surface area (Å²) in [6.07, 6.45) is 1.87. The minimum absolute atomic E-state index is 0.0109. The first-order valence-corrected chi connectivity index (χ1v) is 11.7. The second-order valence-electron chi connectivity index (χ2n) is 9.75. The van der Waals surface area contributed by atoms with Gasteiger partial charge in [0.05, 0.1) is 26.2 Å². The summed E-state index contributed by atoms with van der Waals surface area (Å²) in [5, 5.41) is 17.5. The molecule has 6 atom stereocenters. The van der Waals surface area contributed by atoms with Gasteiger partial charge in [-0.25, -0.2) is 5.01 Å². The van der Waals surface area contributed by atoms with Crippen molar-refractivity contribution < 1.29 is 24.1 Å². The van der Waals surface area contributed by atoms with E-state index in [4.69, 9.17) is 25.8 Å². The first kappa shape index (κ1) is 22.2. The van der Waals surface area contributed by atoms with E-state index < -0.39 is 17.6 Å². The SMILES string of the molecule is COc1cc(OC)c2c(c1Cl)OC1(C)CC3NN(C)C(C4CCNCC4)C3C(O)C1C2=O. The molecule has 1 aliphatic carbocycles. The summed E-state index contributed by atoms with van der Waals surface area (Å²) in [5.41, 5.74) is 2.96. The van der Waals surface area contributed by atoms with Crippen LogP contribution in [0.1, 0.15) is 36.5 Å². The number of hydrazine groups is 1. The van der Waals surface area contributed by atoms with Crippen LogP contribution in [0.3, 0.4) is 0 Å². The average Bonchev–Trinajstić information content (AvgIpc) is 3.10. The van der Waals surface area contributed by atoms with Crippen LogP contribution in [-0.4, -0.2) is 74.0 Å². The Morgan fingerprint density at radius 1 is 1.25 bits per heavy atom. The average molecular weight is 466 g/mol. The van der Waals surface area contributed by atoms with Crippen molar-refractivity contribution in [3.63, 3.8) is 0 Å². The molecule has 2 saturated heterocycles. The first-order valence-electron chi connectivity index (χ1n) is 11.4. The van der Waals surface area contributed by atoms with Crippen molar-refractivity contribution in [1.29, 1.82) is 0 Å². The lowest BCUT2D eigenvalue weighted by Crippen LogP contribution is -2.64. The van der Waals surface area contributed by atoms with Crippen molar-refractivity contribution in [2.24, 2.45) is 17.8 Å². The van der Waals surface area contributed by atoms with Crippen LogP contribution >= 0.6 is 11.6 Å². The number of carbonyl (C=O) groups excluding carboxylic acids is 1. The number of hydrogen-bond acceptors (Lipinski definition) is 8. The van der Waals surface area contributed by atoms with Crippen LogP contribution in [0.5, 0.6) is 17.2 Å². The fourth-order valence-corrected chi connectivity index (χ4v) is 6.93. The number of nitrogens with one attached hydrogen (secondary N) is 2. The van der Waals surface area contributed by atoms with Gasteiger partial charge in [-0.1, -0.05) is 11.6 Å². The topological polar surface area (TPSA) is 92.3 Å². The lowest BCUT2D eigenvalue weighted by Gasteiger charge is -2.51. The molecule has 8 nitrogen and oxygen atoms in total. The number of halogens is 1. The van der Waals surface area contributed by atoms with E-state index in [2.05, 4.69) is 15.8 Å². The highest BCUT2D eigenvalue weighted by Crippen LogP contribution is 2.55. The van der Waals surface area contributed by atoms with Crippen LogP contribution < -0.4 is 25.0 Å². The molecule has 0 amide bonds. The zero-order valence-corrected chi connectivity index (χ0v) is 19.7. The molecule has 1 aromatic carbocycles. The summed E-state index contributed by atoms with van der Waals surface area (Å²) in [7, 11) is 5.06. The molecule has 1 aromatic rings. The van der Waals surface area contributed by atoms with Crippen molar-refractivity contribution in [2.75, 3.05) is 34.4 Å². The maximum absolute atomic E-state index is 13.9. The van der Waals surface area contributed by atoms with Crippen molar-refractivity contribution in [1.82, 2.24) is 15.8 Å². The summed E-state index contributed by atoms with van der Waals surface area (Å²) in [6, 6.07) is 1.78. The van der Waals surface area contributed by atoms with E-state index in [0.29, 0.717) is 23.8 Å². The second kappa shape index (κ2) is 8.02. The maximum Gasteiger partial charge on any atom is 0.180 e. The standard InChI is InChI=1S/C23H32ClN3O5/c1-23-10-12-15(19(27(2)26-12)11-5-7-25-8-6-11)20(28)17(23)21(29)16-13(30-3)9-14(31-4)18(24)22(16)32-23/h9,11-12,15,17,19-20,25-26,28H,5-8,10H2,1-4H3. The molecule has 9 heteroatoms. The van der Waals surface area contributed by atoms with E-state index in [-0.39, 0.29) is 40.1 Å². The molecule has 3 aliphatic heterocycles. The summed E-state index contributed by atoms with van der Waals surface area (Å²) >= 11 is 6.56. The van der Waals surface area contributed by atoms with Crippen molar-refractivity contribution in [3.8, 4) is 17.2 Å². The van der Waals surface area contributed by atoms with E-state index in [9.17, 15) is 9.90 Å². The number of piperidine rings is 1. The Morgan fingerprint density at radius 2 is 1.94 bits per heavy atom. The number of nitrogens with zero attached hydrogens (tertiary/aromatic N) is 1. The smallest absolute Gasteiger partial charge is 0.180 e. The second-order valence-corrected chi connectivity index (χ2v) is 10.1. The molecule has 3 heterocycles. The van der Waals surface area contributed by atoms with Crippen molar-refractivity contribution >= 4 is 17.4 Å². The number of Topliss-reactive ketones (excluding diaryl/α,β-unsaturated/α-hetero) is 1. The molecule has 176 valence electrons. The quantitative estimate of drug-likeness (QED) is 0.623. The van der Waals surface area contributed by atoms with Gasteiger partial charge >= 0.3 is 0 Å². The number of aliphatic hydroxyl groups excluding tert-OH is 1. The third kappa shape index (κ3) is 3.15. The monoisotopic (exact) mass is 465 g/mol. The Morgan fingerprint density at radius 3 is 2.59 bits per heavy atom. The Bertz CT molecular complexity index is 923. The molecule has 5 rings (SSSR count). The number of fused-ring (bicyclic) bond motifs is 3. The fraction of sp³-hybridized carbons (Fsp3) is 0.696. The molecule has 4 aliphatic rings. The van der Waals surface area contributed by atoms with Gasteiger partial charge in [0.15, 0.2) is 11.5 Å². The normalized spacial score (nSPS) is 37.3. The van der Waals surface area contributed by atoms with Crippen LogP contribution in [0.4, 0.5) is 0 Å². The number of hydrogen-bond donors (Lipinski definition) is 3. The van der Waals surface area contributed by atoms with Crippen LogP contribution in [0, 0.1) is 17.8 Å². The van der Waals surface area contributed by atoms with Gasteiger partial charge < -0.3 is 24.6 Å². The van der Waals surface area contributed by atoms with Gasteiger partial charge in [-0.2, -0.15) is 0 Å². The van der Waals surface area contributed by atoms with Gasteiger partial charge in [0.1, 0.15) is 27.7 Å². The molecular weight excluding hydrogens is 434 g/mol. The highest BCUT2D eigenvalue weighted by Gasteiger charge is 2.63. The Balaban J connectivity index is 1.56. The summed E-state index contributed by atoms with van der Waals surface area (Å²) in [6.45, 7) is 3.87. The Hall–Kier alpha value is -1.58. The predicted octanol–water partition coefficient (Wildman–Crippen LogP) is 1.87. The lowest BCUT2D eigenvalue weighted by molar-refractivity contribution is -0.101. The van der Waals surface area contributed by atoms with Gasteiger partial charge in [-0.05, 0) is 38.8 Å². The van der Waals surface area contributed by atoms with Gasteiger partial charge in [-0.15, -0.1) is 0 Å². The van der Waals surface area contributed by atoms with Gasteiger partial charge in [-0.3, -0.25) is 10.2 Å². The van der Waals surface area contributed by atoms with Gasteiger partial charge in [0.2, 0.25) is 0 Å². The molecule has 3 fully saturated rings. The third-order valence-corrected chi connectivity index (χ3v) is 8.37. The summed E-state index contributed by atoms with van der Waals surface area (Å²) in [4.78, 5) is 13.9. The number of benzene rings is 1. The molecular formula is C23H32ClN3O5. The Kier molecular flexibility index (Phi) is 5.57. The largest absolute Gasteiger partial charge is 0.496 e. The maximum atomic E-state index is 13.9. The van der Waals surface area contributed by atoms with Crippen LogP contribution in [-0.2, 0) is 0 Å². The number of aliphatic hydroxyl groups is 1. The van der Waals surface area contributed by atoms with Crippen molar-refractivity contribution in [2.45, 2.75) is 50.0 Å². The Labute approximate surface area is 193 Å². The number of ketones is 1. The molecule has 0 bridgehead atoms. The van der Waals surface area contributed by atoms with Crippen molar-refractivity contribution in [3.05, 3.63) is 16.7 Å². The fourth-order valence-electron chi connectivity index (χ4n) is 6.67. The van der Waals surface area contributed by atoms with Crippen LogP contribution in [0.25, 0.3) is 0 Å². The molecule has 0 spiro atoms. The highest BCUT2D eigenvalue weighted by atomic mass is 35.5. The molecule has 0 aromatic heterocycles. The molecule has 0 radical (unpaired) electrons. The molecule has 1 saturated carbocycles. The predicted molar refractivity (Wildman–Crippen MR) is 120 cm³/mol. The third-order valence-electron chi connectivity index (χ3n) is 8.02. The van der Waals surface area contributed by atoms with Gasteiger partial charge in [0.25, 0.3) is 0 Å². The molecule has 3 N–H and O–H groups in total. The summed E-state index contributed by atoms with van der Waals surface area (Å²) < 4.78 is 17.3. The van der Waals surface area contributed by atoms with Gasteiger partial charge in [0, 0.05) is 37.5 Å². The van der Waals surface area contributed by atoms with Crippen LogP contribution in [0.15, 0.2) is 6.07 Å². The highest BCUT2D eigenvalue weighted by molar-refractivity contribution is 6.34. The van der Waals surface area contributed by atoms with E-state index in [1.807, 2.05) is 14.0 Å². The minimum Gasteiger partial charge on any atom is -0.496 e. The number of methoxy groups -OCH3 is 2. The molecule has 6 unspecified atom stereocenters. The molecule has 32 heavy (non-hydrogen) atoms. The van der Waals surface area contributed by atoms with E-state index in [1.165, 1.54) is 14.2 Å². The van der Waals surface area contributed by atoms with E-state index >= 15 is 0 Å². The minimum atomic E-state index is -0.900. The first-order chi connectivity index (χ1) is 15.3. The van der Waals surface area contributed by atoms with E-state index in [0.717, 1.165) is 25.9 Å². The number of rotatable bonds is 3. The lowest BCUT2D eigenvalue weighted by atomic mass is 9.61. The number of ether oxygens (including phenoxy) is 3. The summed E-state index contributed by atoms with van der Waals surface area (Å²) in [5.74, 6) is 0.526. The van der Waals surface area contributed by atoms with Crippen LogP contribution in [0.2, 0.25) is 5.02 Å². The number of carbonyl (C=O) groups is 1. The zero-order valence-electron chi connectivity index (χ0n) is 19.0.